The molecule has 18 heavy (non-hydrogen) atoms. The lowest BCUT2D eigenvalue weighted by molar-refractivity contribution is -0.117. The van der Waals surface area contributed by atoms with Gasteiger partial charge in [0, 0.05) is 24.9 Å². The van der Waals surface area contributed by atoms with Crippen LogP contribution in [-0.4, -0.2) is 12.5 Å². The van der Waals surface area contributed by atoms with Crippen molar-refractivity contribution in [3.05, 3.63) is 42.0 Å². The zero-order valence-corrected chi connectivity index (χ0v) is 9.49. The van der Waals surface area contributed by atoms with Crippen LogP contribution >= 0.6 is 0 Å². The lowest BCUT2D eigenvalue weighted by atomic mass is 10.1. The lowest BCUT2D eigenvalue weighted by Gasteiger charge is -2.17. The average molecular weight is 248 g/mol. The number of hydrogen-bond acceptors (Lipinski definition) is 2. The normalized spacial score (nSPS) is 18.8. The summed E-state index contributed by atoms with van der Waals surface area (Å²) in [6, 6.07) is 3.24. The van der Waals surface area contributed by atoms with Crippen LogP contribution in [-0.2, 0) is 4.79 Å². The number of rotatable bonds is 2. The van der Waals surface area contributed by atoms with Crippen molar-refractivity contribution in [2.45, 2.75) is 6.42 Å². The van der Waals surface area contributed by atoms with Gasteiger partial charge in [-0.15, -0.1) is 6.58 Å². The molecule has 1 saturated heterocycles. The smallest absolute Gasteiger partial charge is 0.227 e. The van der Waals surface area contributed by atoms with E-state index in [1.165, 1.54) is 4.90 Å². The fourth-order valence-corrected chi connectivity index (χ4v) is 1.95. The molecule has 1 aromatic carbocycles. The predicted molar refractivity (Wildman–Crippen MR) is 61.7 cm³/mol. The summed E-state index contributed by atoms with van der Waals surface area (Å²) in [5, 5.41) is 8.58. The highest BCUT2D eigenvalue weighted by Gasteiger charge is 2.31. The van der Waals surface area contributed by atoms with Gasteiger partial charge in [-0.25, -0.2) is 8.78 Å². The first-order chi connectivity index (χ1) is 8.56. The Morgan fingerprint density at radius 2 is 2.17 bits per heavy atom. The molecule has 0 bridgehead atoms. The van der Waals surface area contributed by atoms with E-state index in [2.05, 4.69) is 6.58 Å². The van der Waals surface area contributed by atoms with Gasteiger partial charge in [0.25, 0.3) is 0 Å². The van der Waals surface area contributed by atoms with Gasteiger partial charge in [-0.2, -0.15) is 5.26 Å². The standard InChI is InChI=1S/C13H10F2N2O/c1-2-8-3-13(18)17(7-8)12-5-10(14)9(6-16)4-11(12)15/h2,4-5,8H,1,3,7H2. The third-order valence-corrected chi connectivity index (χ3v) is 2.94. The second-order valence-electron chi connectivity index (χ2n) is 4.10. The molecule has 1 unspecified atom stereocenters. The molecule has 1 amide bonds. The Morgan fingerprint density at radius 1 is 1.44 bits per heavy atom. The third-order valence-electron chi connectivity index (χ3n) is 2.94. The van der Waals surface area contributed by atoms with Crippen molar-refractivity contribution in [1.82, 2.24) is 0 Å². The zero-order chi connectivity index (χ0) is 13.3. The Kier molecular flexibility index (Phi) is 3.11. The van der Waals surface area contributed by atoms with Crippen LogP contribution < -0.4 is 4.90 Å². The highest BCUT2D eigenvalue weighted by molar-refractivity contribution is 5.96. The summed E-state index contributed by atoms with van der Waals surface area (Å²) in [4.78, 5) is 12.9. The fourth-order valence-electron chi connectivity index (χ4n) is 1.95. The lowest BCUT2D eigenvalue weighted by Crippen LogP contribution is -2.25. The van der Waals surface area contributed by atoms with Gasteiger partial charge in [0.2, 0.25) is 5.91 Å². The minimum Gasteiger partial charge on any atom is -0.309 e. The Morgan fingerprint density at radius 3 is 2.72 bits per heavy atom. The molecular formula is C13H10F2N2O. The molecule has 2 rings (SSSR count). The van der Waals surface area contributed by atoms with E-state index in [1.54, 1.807) is 12.1 Å². The summed E-state index contributed by atoms with van der Waals surface area (Å²) < 4.78 is 27.2. The van der Waals surface area contributed by atoms with Crippen molar-refractivity contribution in [2.75, 3.05) is 11.4 Å². The number of benzene rings is 1. The highest BCUT2D eigenvalue weighted by Crippen LogP contribution is 2.29. The molecule has 1 fully saturated rings. The summed E-state index contributed by atoms with van der Waals surface area (Å²) in [5.74, 6) is -1.94. The van der Waals surface area contributed by atoms with Crippen molar-refractivity contribution >= 4 is 11.6 Å². The quantitative estimate of drug-likeness (QED) is 0.754. The molecule has 92 valence electrons. The van der Waals surface area contributed by atoms with E-state index in [1.807, 2.05) is 0 Å². The Hall–Kier alpha value is -2.22. The van der Waals surface area contributed by atoms with Crippen molar-refractivity contribution in [2.24, 2.45) is 5.92 Å². The minimum absolute atomic E-state index is 0.0596. The second-order valence-corrected chi connectivity index (χ2v) is 4.10. The molecule has 1 aliphatic rings. The molecule has 1 aromatic rings. The Labute approximate surface area is 103 Å². The average Bonchev–Trinajstić information content (AvgIpc) is 2.73. The van der Waals surface area contributed by atoms with Crippen molar-refractivity contribution in [3.63, 3.8) is 0 Å². The molecule has 0 aromatic heterocycles. The van der Waals surface area contributed by atoms with E-state index in [9.17, 15) is 13.6 Å². The number of nitrogens with zero attached hydrogens (tertiary/aromatic N) is 2. The van der Waals surface area contributed by atoms with E-state index >= 15 is 0 Å². The van der Waals surface area contributed by atoms with Crippen LogP contribution in [0.2, 0.25) is 0 Å². The molecular weight excluding hydrogens is 238 g/mol. The van der Waals surface area contributed by atoms with Crippen LogP contribution in [0, 0.1) is 28.9 Å². The van der Waals surface area contributed by atoms with Gasteiger partial charge in [-0.3, -0.25) is 4.79 Å². The molecule has 1 atom stereocenters. The van der Waals surface area contributed by atoms with Gasteiger partial charge in [0.15, 0.2) is 0 Å². The van der Waals surface area contributed by atoms with E-state index in [4.69, 9.17) is 5.26 Å². The Bertz CT molecular complexity index is 563. The van der Waals surface area contributed by atoms with Crippen LogP contribution in [0.1, 0.15) is 12.0 Å². The summed E-state index contributed by atoms with van der Waals surface area (Å²) >= 11 is 0. The number of hydrogen-bond donors (Lipinski definition) is 0. The van der Waals surface area contributed by atoms with Gasteiger partial charge < -0.3 is 4.90 Å². The first-order valence-corrected chi connectivity index (χ1v) is 5.39. The number of carbonyl (C=O) groups is 1. The topological polar surface area (TPSA) is 44.1 Å². The summed E-state index contributed by atoms with van der Waals surface area (Å²) in [5.41, 5.74) is -0.496. The van der Waals surface area contributed by atoms with Gasteiger partial charge in [-0.1, -0.05) is 6.08 Å². The minimum atomic E-state index is -0.830. The molecule has 1 aliphatic heterocycles. The van der Waals surface area contributed by atoms with E-state index in [0.717, 1.165) is 12.1 Å². The summed E-state index contributed by atoms with van der Waals surface area (Å²) in [6.07, 6.45) is 1.86. The van der Waals surface area contributed by atoms with Gasteiger partial charge in [0.05, 0.1) is 11.3 Å². The van der Waals surface area contributed by atoms with Crippen LogP contribution in [0.25, 0.3) is 0 Å². The van der Waals surface area contributed by atoms with Crippen molar-refractivity contribution < 1.29 is 13.6 Å². The maximum absolute atomic E-state index is 13.7. The van der Waals surface area contributed by atoms with Crippen LogP contribution in [0.15, 0.2) is 24.8 Å². The summed E-state index contributed by atoms with van der Waals surface area (Å²) in [6.45, 7) is 3.87. The first-order valence-electron chi connectivity index (χ1n) is 5.39. The van der Waals surface area contributed by atoms with Crippen molar-refractivity contribution in [3.8, 4) is 6.07 Å². The SMILES string of the molecule is C=CC1CC(=O)N(c2cc(F)c(C#N)cc2F)C1. The van der Waals surface area contributed by atoms with Crippen LogP contribution in [0.4, 0.5) is 14.5 Å². The maximum atomic E-state index is 13.7. The fraction of sp³-hybridized carbons (Fsp3) is 0.231. The number of anilines is 1. The number of carbonyl (C=O) groups excluding carboxylic acids is 1. The molecule has 0 radical (unpaired) electrons. The first kappa shape index (κ1) is 12.2. The van der Waals surface area contributed by atoms with Gasteiger partial charge >= 0.3 is 0 Å². The number of halogens is 2. The largest absolute Gasteiger partial charge is 0.309 e. The molecule has 0 spiro atoms. The third kappa shape index (κ3) is 1.97. The molecule has 1 heterocycles. The highest BCUT2D eigenvalue weighted by atomic mass is 19.1. The maximum Gasteiger partial charge on any atom is 0.227 e. The molecule has 5 heteroatoms. The molecule has 0 aliphatic carbocycles. The van der Waals surface area contributed by atoms with Gasteiger partial charge in [0.1, 0.15) is 17.7 Å². The predicted octanol–water partition coefficient (Wildman–Crippen LogP) is 2.38. The second kappa shape index (κ2) is 4.57. The van der Waals surface area contributed by atoms with E-state index in [-0.39, 0.29) is 36.0 Å². The van der Waals surface area contributed by atoms with Gasteiger partial charge in [-0.05, 0) is 6.07 Å². The number of amides is 1. The molecule has 3 nitrogen and oxygen atoms in total. The van der Waals surface area contributed by atoms with E-state index < -0.39 is 11.6 Å². The summed E-state index contributed by atoms with van der Waals surface area (Å²) in [7, 11) is 0. The van der Waals surface area contributed by atoms with Crippen LogP contribution in [0.5, 0.6) is 0 Å². The number of nitriles is 1. The molecule has 0 N–H and O–H groups in total. The van der Waals surface area contributed by atoms with Crippen LogP contribution in [0.3, 0.4) is 0 Å². The van der Waals surface area contributed by atoms with E-state index in [0.29, 0.717) is 0 Å². The van der Waals surface area contributed by atoms with Crippen molar-refractivity contribution in [1.29, 1.82) is 5.26 Å². The monoisotopic (exact) mass is 248 g/mol. The zero-order valence-electron chi connectivity index (χ0n) is 9.49. The Balaban J connectivity index is 2.41. The molecule has 0 saturated carbocycles.